The number of rotatable bonds is 9. The van der Waals surface area contributed by atoms with E-state index in [1.165, 1.54) is 44.3 Å². The topological polar surface area (TPSA) is 145 Å². The first kappa shape index (κ1) is 27.1. The molecule has 35 heavy (non-hydrogen) atoms. The first-order valence-corrected chi connectivity index (χ1v) is 14.0. The van der Waals surface area contributed by atoms with Crippen molar-refractivity contribution in [3.63, 3.8) is 0 Å². The van der Waals surface area contributed by atoms with Crippen LogP contribution >= 0.6 is 19.4 Å². The normalized spacial score (nSPS) is 12.5. The minimum Gasteiger partial charge on any atom is -0.487 e. The van der Waals surface area contributed by atoms with Crippen LogP contribution in [0.3, 0.4) is 0 Å². The molecule has 0 aliphatic rings. The van der Waals surface area contributed by atoms with Gasteiger partial charge in [-0.2, -0.15) is 9.78 Å². The van der Waals surface area contributed by atoms with Crippen molar-refractivity contribution in [3.05, 3.63) is 70.1 Å². The van der Waals surface area contributed by atoms with E-state index in [2.05, 4.69) is 5.10 Å². The molecule has 2 N–H and O–H groups in total. The number of phosphoric ester groups is 1. The Morgan fingerprint density at radius 3 is 2.37 bits per heavy atom. The average molecular weight is 543 g/mol. The summed E-state index contributed by atoms with van der Waals surface area (Å²) < 4.78 is 46.5. The number of aromatic nitrogens is 2. The molecule has 188 valence electrons. The van der Waals surface area contributed by atoms with E-state index in [0.29, 0.717) is 21.8 Å². The van der Waals surface area contributed by atoms with Crippen molar-refractivity contribution in [1.82, 2.24) is 9.78 Å². The maximum Gasteiger partial charge on any atom is 0.470 e. The van der Waals surface area contributed by atoms with Gasteiger partial charge in [-0.1, -0.05) is 29.8 Å². The zero-order valence-corrected chi connectivity index (χ0v) is 21.5. The molecule has 2 aromatic carbocycles. The second-order valence-corrected chi connectivity index (χ2v) is 11.9. The fraction of sp³-hybridized carbons (Fsp3) is 0.273. The Bertz CT molecular complexity index is 1430. The fourth-order valence-electron chi connectivity index (χ4n) is 3.22. The van der Waals surface area contributed by atoms with E-state index in [1.807, 2.05) is 0 Å². The Hall–Kier alpha value is -2.53. The molecular formula is C22H24ClN2O8PS. The van der Waals surface area contributed by atoms with Crippen molar-refractivity contribution >= 4 is 29.3 Å². The van der Waals surface area contributed by atoms with Crippen LogP contribution in [0.25, 0.3) is 16.8 Å². The van der Waals surface area contributed by atoms with Gasteiger partial charge in [0.05, 0.1) is 29.0 Å². The van der Waals surface area contributed by atoms with Gasteiger partial charge >= 0.3 is 13.4 Å². The van der Waals surface area contributed by atoms with E-state index in [4.69, 9.17) is 30.6 Å². The lowest BCUT2D eigenvalue weighted by Gasteiger charge is -2.25. The lowest BCUT2D eigenvalue weighted by Crippen LogP contribution is -2.28. The summed E-state index contributed by atoms with van der Waals surface area (Å²) in [4.78, 5) is 31.7. The summed E-state index contributed by atoms with van der Waals surface area (Å²) in [5, 5.41) is 4.62. The van der Waals surface area contributed by atoms with Crippen molar-refractivity contribution in [2.75, 3.05) is 12.9 Å². The van der Waals surface area contributed by atoms with Crippen LogP contribution in [0.5, 0.6) is 5.75 Å². The Balaban J connectivity index is 2.02. The highest BCUT2D eigenvalue weighted by Gasteiger charge is 2.29. The fourth-order valence-corrected chi connectivity index (χ4v) is 4.77. The van der Waals surface area contributed by atoms with E-state index in [0.717, 1.165) is 10.9 Å². The number of ether oxygens (including phenoxy) is 1. The zero-order valence-electron chi connectivity index (χ0n) is 19.1. The highest BCUT2D eigenvalue weighted by Crippen LogP contribution is 2.42. The second kappa shape index (κ2) is 10.2. The number of sulfone groups is 1. The molecule has 0 fully saturated rings. The monoisotopic (exact) mass is 542 g/mol. The number of hydrogen-bond donors (Lipinski definition) is 2. The van der Waals surface area contributed by atoms with Gasteiger partial charge in [0.25, 0.3) is 0 Å². The predicted molar refractivity (Wildman–Crippen MR) is 131 cm³/mol. The zero-order chi connectivity index (χ0) is 26.0. The van der Waals surface area contributed by atoms with Crippen molar-refractivity contribution in [3.8, 4) is 22.6 Å². The van der Waals surface area contributed by atoms with Crippen molar-refractivity contribution in [2.24, 2.45) is 0 Å². The van der Waals surface area contributed by atoms with Gasteiger partial charge in [0, 0.05) is 23.3 Å². The Morgan fingerprint density at radius 1 is 1.14 bits per heavy atom. The molecule has 10 nitrogen and oxygen atoms in total. The number of hydrogen-bond acceptors (Lipinski definition) is 7. The van der Waals surface area contributed by atoms with Gasteiger partial charge in [-0.25, -0.2) is 13.0 Å². The summed E-state index contributed by atoms with van der Waals surface area (Å²) in [6.45, 7) is 2.85. The standard InChI is InChI=1S/C22H24ClN2O8PS/c1-22(2,33-34(27,28)29)11-12-32-20-19(15-7-9-18(10-8-15)35(3,30)31)14-24-25(21(20)26)17-6-4-5-16(23)13-17/h4-10,13-14H,11-12H2,1-3H3,(H2,27,28,29). The summed E-state index contributed by atoms with van der Waals surface area (Å²) in [5.74, 6) is -0.0842. The van der Waals surface area contributed by atoms with Gasteiger partial charge in [-0.05, 0) is 49.7 Å². The smallest absolute Gasteiger partial charge is 0.470 e. The van der Waals surface area contributed by atoms with E-state index in [1.54, 1.807) is 24.3 Å². The third-order valence-electron chi connectivity index (χ3n) is 4.90. The first-order valence-electron chi connectivity index (χ1n) is 10.2. The highest BCUT2D eigenvalue weighted by molar-refractivity contribution is 7.90. The molecule has 0 aliphatic carbocycles. The summed E-state index contributed by atoms with van der Waals surface area (Å²) in [7, 11) is -8.15. The van der Waals surface area contributed by atoms with E-state index >= 15 is 0 Å². The van der Waals surface area contributed by atoms with E-state index in [-0.39, 0.29) is 23.7 Å². The van der Waals surface area contributed by atoms with Gasteiger partial charge in [0.1, 0.15) is 0 Å². The molecule has 0 saturated carbocycles. The summed E-state index contributed by atoms with van der Waals surface area (Å²) in [5.41, 5.74) is -0.653. The average Bonchev–Trinajstić information content (AvgIpc) is 2.72. The SMILES string of the molecule is CC(C)(CCOc1c(-c2ccc(S(C)(=O)=O)cc2)cnn(-c2cccc(Cl)c2)c1=O)OP(=O)(O)O. The third-order valence-corrected chi connectivity index (χ3v) is 6.99. The van der Waals surface area contributed by atoms with Crippen LogP contribution in [0, 0.1) is 0 Å². The Morgan fingerprint density at radius 2 is 1.80 bits per heavy atom. The van der Waals surface area contributed by atoms with Gasteiger partial charge in [-0.3, -0.25) is 9.32 Å². The van der Waals surface area contributed by atoms with Crippen LogP contribution in [0.4, 0.5) is 0 Å². The first-order chi connectivity index (χ1) is 16.2. The van der Waals surface area contributed by atoms with Gasteiger partial charge in [0.15, 0.2) is 15.6 Å². The van der Waals surface area contributed by atoms with Crippen LogP contribution in [0.15, 0.2) is 64.4 Å². The molecule has 0 amide bonds. The number of nitrogens with zero attached hydrogens (tertiary/aromatic N) is 2. The highest BCUT2D eigenvalue weighted by atomic mass is 35.5. The molecule has 0 saturated heterocycles. The Labute approximate surface area is 207 Å². The van der Waals surface area contributed by atoms with Gasteiger partial charge in [-0.15, -0.1) is 0 Å². The summed E-state index contributed by atoms with van der Waals surface area (Å²) in [6, 6.07) is 12.4. The molecule has 0 aliphatic heterocycles. The quantitative estimate of drug-likeness (QED) is 0.387. The van der Waals surface area contributed by atoms with E-state index in [9.17, 15) is 17.8 Å². The molecule has 0 atom stereocenters. The Kier molecular flexibility index (Phi) is 7.90. The molecule has 0 spiro atoms. The molecule has 3 aromatic rings. The van der Waals surface area contributed by atoms with Crippen molar-refractivity contribution in [1.29, 1.82) is 0 Å². The van der Waals surface area contributed by atoms with Gasteiger partial charge < -0.3 is 14.5 Å². The molecule has 13 heteroatoms. The summed E-state index contributed by atoms with van der Waals surface area (Å²) in [6.07, 6.45) is 2.54. The molecule has 0 unspecified atom stereocenters. The van der Waals surface area contributed by atoms with Crippen LogP contribution in [0.1, 0.15) is 20.3 Å². The predicted octanol–water partition coefficient (Wildman–Crippen LogP) is 3.61. The molecule has 1 heterocycles. The third kappa shape index (κ3) is 7.23. The molecule has 3 rings (SSSR count). The van der Waals surface area contributed by atoms with Crippen LogP contribution < -0.4 is 10.3 Å². The maximum atomic E-state index is 13.4. The largest absolute Gasteiger partial charge is 0.487 e. The van der Waals surface area contributed by atoms with Crippen LogP contribution in [-0.2, 0) is 18.9 Å². The van der Waals surface area contributed by atoms with Gasteiger partial charge in [0.2, 0.25) is 0 Å². The molecule has 0 radical (unpaired) electrons. The molecular weight excluding hydrogens is 519 g/mol. The lowest BCUT2D eigenvalue weighted by molar-refractivity contribution is 0.0461. The number of halogens is 1. The van der Waals surface area contributed by atoms with Crippen molar-refractivity contribution < 1.29 is 32.0 Å². The number of phosphoric acid groups is 1. The summed E-state index contributed by atoms with van der Waals surface area (Å²) >= 11 is 6.05. The lowest BCUT2D eigenvalue weighted by atomic mass is 10.1. The minimum atomic E-state index is -4.73. The molecule has 1 aromatic heterocycles. The maximum absolute atomic E-state index is 13.4. The van der Waals surface area contributed by atoms with Crippen LogP contribution in [0.2, 0.25) is 5.02 Å². The van der Waals surface area contributed by atoms with Crippen molar-refractivity contribution in [2.45, 2.75) is 30.8 Å². The molecule has 0 bridgehead atoms. The minimum absolute atomic E-state index is 0.0451. The van der Waals surface area contributed by atoms with Crippen LogP contribution in [-0.4, -0.2) is 46.4 Å². The second-order valence-electron chi connectivity index (χ2n) is 8.32. The van der Waals surface area contributed by atoms with E-state index < -0.39 is 28.8 Å². The number of benzene rings is 2.